The first kappa shape index (κ1) is 27.7. The zero-order valence-corrected chi connectivity index (χ0v) is 20.1. The van der Waals surface area contributed by atoms with Crippen molar-refractivity contribution < 1.29 is 19.0 Å². The van der Waals surface area contributed by atoms with E-state index in [1.165, 1.54) is 12.8 Å². The highest BCUT2D eigenvalue weighted by Crippen LogP contribution is 2.39. The van der Waals surface area contributed by atoms with Gasteiger partial charge in [-0.25, -0.2) is 4.79 Å². The van der Waals surface area contributed by atoms with E-state index >= 15 is 0 Å². The van der Waals surface area contributed by atoms with Crippen LogP contribution in [0.1, 0.15) is 54.4 Å². The summed E-state index contributed by atoms with van der Waals surface area (Å²) in [6.45, 7) is 15.4. The van der Waals surface area contributed by atoms with Crippen LogP contribution in [0.2, 0.25) is 5.82 Å². The molecule has 0 aliphatic carbocycles. The van der Waals surface area contributed by atoms with Crippen LogP contribution in [0, 0.1) is 5.92 Å². The molecule has 0 bridgehead atoms. The van der Waals surface area contributed by atoms with Crippen LogP contribution in [0.3, 0.4) is 0 Å². The van der Waals surface area contributed by atoms with E-state index in [4.69, 9.17) is 14.2 Å². The third-order valence-electron chi connectivity index (χ3n) is 3.56. The molecule has 5 nitrogen and oxygen atoms in total. The molecule has 0 saturated heterocycles. The van der Waals surface area contributed by atoms with Gasteiger partial charge in [-0.15, -0.1) is 5.98 Å². The monoisotopic (exact) mass is 432 g/mol. The zero-order valence-electron chi connectivity index (χ0n) is 18.5. The summed E-state index contributed by atoms with van der Waals surface area (Å²) < 4.78 is 16.2. The lowest BCUT2D eigenvalue weighted by molar-refractivity contribution is 0.0906. The van der Waals surface area contributed by atoms with Gasteiger partial charge in [0.25, 0.3) is 0 Å². The van der Waals surface area contributed by atoms with Crippen molar-refractivity contribution in [3.05, 3.63) is 12.1 Å². The maximum Gasteiger partial charge on any atom is 0.407 e. The number of rotatable bonds is 17. The van der Waals surface area contributed by atoms with Gasteiger partial charge in [-0.05, 0) is 32.6 Å². The minimum absolute atomic E-state index is 0.249. The fourth-order valence-electron chi connectivity index (χ4n) is 1.93. The number of hydrogen-bond donors (Lipinski definition) is 1. The van der Waals surface area contributed by atoms with Gasteiger partial charge in [0, 0.05) is 11.3 Å². The van der Waals surface area contributed by atoms with Gasteiger partial charge < -0.3 is 19.5 Å². The maximum absolute atomic E-state index is 11.5. The van der Waals surface area contributed by atoms with Gasteiger partial charge in [-0.2, -0.15) is 0 Å². The molecule has 0 aromatic heterocycles. The van der Waals surface area contributed by atoms with Crippen molar-refractivity contribution in [3.8, 4) is 0 Å². The van der Waals surface area contributed by atoms with Crippen LogP contribution in [-0.2, 0) is 14.2 Å². The first-order chi connectivity index (χ1) is 13.2. The van der Waals surface area contributed by atoms with Crippen LogP contribution in [0.4, 0.5) is 4.79 Å². The van der Waals surface area contributed by atoms with Crippen LogP contribution in [0.25, 0.3) is 0 Å². The highest BCUT2D eigenvalue weighted by Gasteiger charge is 2.19. The third-order valence-corrected chi connectivity index (χ3v) is 6.59. The molecule has 163 valence electrons. The van der Waals surface area contributed by atoms with E-state index in [2.05, 4.69) is 54.1 Å². The Labute approximate surface area is 181 Å². The second-order valence-corrected chi connectivity index (χ2v) is 10.9. The van der Waals surface area contributed by atoms with Crippen LogP contribution in [-0.4, -0.2) is 57.0 Å². The lowest BCUT2D eigenvalue weighted by Gasteiger charge is -2.24. The molecule has 28 heavy (non-hydrogen) atoms. The molecular formula is C20H39BNO4S2. The molecule has 0 aliphatic heterocycles. The van der Waals surface area contributed by atoms with E-state index in [9.17, 15) is 4.79 Å². The molecule has 0 unspecified atom stereocenters. The van der Waals surface area contributed by atoms with Crippen LogP contribution >= 0.6 is 21.6 Å². The van der Waals surface area contributed by atoms with Gasteiger partial charge in [0.15, 0.2) is 0 Å². The molecule has 1 N–H and O–H groups in total. The quantitative estimate of drug-likeness (QED) is 0.145. The second-order valence-electron chi connectivity index (χ2n) is 7.92. The summed E-state index contributed by atoms with van der Waals surface area (Å²) in [5, 5.41) is 2.65. The van der Waals surface area contributed by atoms with E-state index in [-0.39, 0.29) is 11.4 Å². The smallest absolute Gasteiger partial charge is 0.407 e. The minimum atomic E-state index is -0.437. The molecule has 1 amide bonds. The number of alkyl carbamates (subject to hydrolysis) is 1. The summed E-state index contributed by atoms with van der Waals surface area (Å²) in [7, 11) is 5.67. The maximum atomic E-state index is 11.5. The van der Waals surface area contributed by atoms with Gasteiger partial charge in [0.1, 0.15) is 19.8 Å². The predicted octanol–water partition coefficient (Wildman–Crippen LogP) is 5.35. The molecule has 8 heteroatoms. The van der Waals surface area contributed by atoms with Crippen LogP contribution < -0.4 is 5.32 Å². The first-order valence-corrected chi connectivity index (χ1v) is 12.4. The summed E-state index contributed by atoms with van der Waals surface area (Å²) in [5.74, 6) is 3.86. The lowest BCUT2D eigenvalue weighted by atomic mass is 9.66. The number of carbonyl (C=O) groups excluding carboxylic acids is 1. The average molecular weight is 432 g/mol. The summed E-state index contributed by atoms with van der Waals surface area (Å²) in [6.07, 6.45) is 3.95. The molecule has 0 saturated carbocycles. The third kappa shape index (κ3) is 20.4. The normalized spacial score (nSPS) is 12.1. The largest absolute Gasteiger partial charge is 0.447 e. The van der Waals surface area contributed by atoms with Gasteiger partial charge >= 0.3 is 6.09 Å². The number of carbonyl (C=O) groups is 1. The number of amides is 1. The fourth-order valence-corrected chi connectivity index (χ4v) is 4.24. The summed E-state index contributed by atoms with van der Waals surface area (Å²) in [6, 6.07) is 0. The van der Waals surface area contributed by atoms with E-state index < -0.39 is 6.09 Å². The van der Waals surface area contributed by atoms with Crippen LogP contribution in [0.5, 0.6) is 0 Å². The van der Waals surface area contributed by atoms with Gasteiger partial charge in [0.05, 0.1) is 19.8 Å². The Morgan fingerprint density at radius 2 is 1.89 bits per heavy atom. The lowest BCUT2D eigenvalue weighted by Crippen LogP contribution is -2.29. The molecule has 0 aromatic carbocycles. The highest BCUT2D eigenvalue weighted by molar-refractivity contribution is 8.77. The predicted molar refractivity (Wildman–Crippen MR) is 124 cm³/mol. The Kier molecular flexibility index (Phi) is 17.4. The molecule has 0 aromatic rings. The molecule has 0 spiro atoms. The average Bonchev–Trinajstić information content (AvgIpc) is 2.61. The Morgan fingerprint density at radius 3 is 2.57 bits per heavy atom. The summed E-state index contributed by atoms with van der Waals surface area (Å²) in [5.41, 5.74) is 0. The number of hydrogen-bond acceptors (Lipinski definition) is 6. The fraction of sp³-hybridized carbons (Fsp3) is 0.850. The van der Waals surface area contributed by atoms with E-state index in [0.717, 1.165) is 5.92 Å². The van der Waals surface area contributed by atoms with Gasteiger partial charge in [0.2, 0.25) is 0 Å². The van der Waals surface area contributed by atoms with Crippen molar-refractivity contribution in [1.29, 1.82) is 0 Å². The SMILES string of the molecule is CC(C)[B]/C=C/COCCNC(=O)OCCOCSSC(C)(C)CCC(C)C. The molecule has 1 radical (unpaired) electrons. The van der Waals surface area contributed by atoms with Crippen molar-refractivity contribution in [3.63, 3.8) is 0 Å². The Bertz CT molecular complexity index is 421. The van der Waals surface area contributed by atoms with Crippen molar-refractivity contribution in [1.82, 2.24) is 5.32 Å². The minimum Gasteiger partial charge on any atom is -0.447 e. The van der Waals surface area contributed by atoms with Crippen molar-refractivity contribution >= 4 is 35.0 Å². The summed E-state index contributed by atoms with van der Waals surface area (Å²) >= 11 is 0. The molecule has 0 fully saturated rings. The number of nitrogens with one attached hydrogen (secondary N) is 1. The molecule has 0 heterocycles. The van der Waals surface area contributed by atoms with E-state index in [1.54, 1.807) is 10.8 Å². The van der Waals surface area contributed by atoms with Crippen LogP contribution in [0.15, 0.2) is 12.1 Å². The zero-order chi connectivity index (χ0) is 21.3. The summed E-state index contributed by atoms with van der Waals surface area (Å²) in [4.78, 5) is 11.5. The van der Waals surface area contributed by atoms with E-state index in [0.29, 0.717) is 38.1 Å². The molecule has 0 atom stereocenters. The molecule has 0 aliphatic rings. The topological polar surface area (TPSA) is 56.8 Å². The van der Waals surface area contributed by atoms with Crippen molar-refractivity contribution in [2.24, 2.45) is 5.92 Å². The number of ether oxygens (including phenoxy) is 3. The Balaban J connectivity index is 3.45. The Morgan fingerprint density at radius 1 is 1.14 bits per heavy atom. The standard InChI is InChI=1S/C20H39BNO4S2/c1-17(2)8-9-20(5,6)28-27-16-25-14-15-26-19(23)22-11-13-24-12-7-10-21-18(3)4/h7,10,17-18H,8-9,11-16H2,1-6H3,(H,22,23)/b10-7+. The van der Waals surface area contributed by atoms with Crippen molar-refractivity contribution in [2.45, 2.75) is 64.9 Å². The molecule has 0 rings (SSSR count). The Hall–Kier alpha value is -0.305. The first-order valence-electron chi connectivity index (χ1n) is 10.1. The van der Waals surface area contributed by atoms with Gasteiger partial charge in [-0.3, -0.25) is 0 Å². The highest BCUT2D eigenvalue weighted by atomic mass is 33.1. The van der Waals surface area contributed by atoms with Gasteiger partial charge in [-0.1, -0.05) is 61.2 Å². The second kappa shape index (κ2) is 17.5. The molecular weight excluding hydrogens is 393 g/mol. The van der Waals surface area contributed by atoms with Crippen molar-refractivity contribution in [2.75, 3.05) is 38.9 Å². The van der Waals surface area contributed by atoms with E-state index in [1.807, 2.05) is 22.8 Å².